The van der Waals surface area contributed by atoms with Crippen molar-refractivity contribution >= 4 is 11.6 Å². The molecule has 0 spiro atoms. The zero-order valence-electron chi connectivity index (χ0n) is 10.2. The monoisotopic (exact) mass is 260 g/mol. The average molecular weight is 260 g/mol. The summed E-state index contributed by atoms with van der Waals surface area (Å²) < 4.78 is 15.8. The minimum Gasteiger partial charge on any atom is -0.454 e. The lowest BCUT2D eigenvalue weighted by Crippen LogP contribution is -2.46. The number of hydrogen-bond donors (Lipinski definition) is 0. The predicted octanol–water partition coefficient (Wildman–Crippen LogP) is 1.06. The molecule has 0 aromatic heterocycles. The lowest BCUT2D eigenvalue weighted by atomic mass is 10.2. The van der Waals surface area contributed by atoms with Crippen LogP contribution in [0, 0.1) is 11.3 Å². The Labute approximate surface area is 110 Å². The van der Waals surface area contributed by atoms with Crippen molar-refractivity contribution in [1.29, 1.82) is 5.26 Å². The first-order chi connectivity index (χ1) is 9.28. The van der Waals surface area contributed by atoms with Crippen molar-refractivity contribution in [2.45, 2.75) is 12.5 Å². The van der Waals surface area contributed by atoms with Crippen LogP contribution in [0.2, 0.25) is 0 Å². The summed E-state index contributed by atoms with van der Waals surface area (Å²) in [7, 11) is 0. The minimum absolute atomic E-state index is 0.000782. The number of nitriles is 1. The van der Waals surface area contributed by atoms with Crippen molar-refractivity contribution in [3.05, 3.63) is 18.2 Å². The first kappa shape index (κ1) is 11.8. The van der Waals surface area contributed by atoms with Gasteiger partial charge in [0.2, 0.25) is 6.79 Å². The summed E-state index contributed by atoms with van der Waals surface area (Å²) in [6, 6.07) is 7.41. The number of rotatable bonds is 2. The number of benzene rings is 1. The first-order valence-electron chi connectivity index (χ1n) is 5.96. The third-order valence-electron chi connectivity index (χ3n) is 3.12. The number of morpholine rings is 1. The Balaban J connectivity index is 1.83. The summed E-state index contributed by atoms with van der Waals surface area (Å²) in [5.41, 5.74) is 0.737. The Morgan fingerprint density at radius 2 is 2.21 bits per heavy atom. The molecule has 0 saturated carbocycles. The van der Waals surface area contributed by atoms with Crippen LogP contribution in [0.4, 0.5) is 5.69 Å². The van der Waals surface area contributed by atoms with Crippen LogP contribution in [-0.2, 0) is 9.53 Å². The van der Waals surface area contributed by atoms with E-state index in [2.05, 4.69) is 6.07 Å². The van der Waals surface area contributed by atoms with Gasteiger partial charge in [-0.3, -0.25) is 4.79 Å². The number of amides is 1. The molecule has 1 unspecified atom stereocenters. The molecule has 6 heteroatoms. The molecule has 2 aliphatic heterocycles. The van der Waals surface area contributed by atoms with Gasteiger partial charge < -0.3 is 19.1 Å². The van der Waals surface area contributed by atoms with Crippen molar-refractivity contribution in [2.24, 2.45) is 0 Å². The van der Waals surface area contributed by atoms with E-state index < -0.39 is 0 Å². The van der Waals surface area contributed by atoms with Gasteiger partial charge in [-0.15, -0.1) is 0 Å². The summed E-state index contributed by atoms with van der Waals surface area (Å²) in [5, 5.41) is 8.70. The van der Waals surface area contributed by atoms with Crippen LogP contribution in [0.5, 0.6) is 11.5 Å². The molecule has 98 valence electrons. The van der Waals surface area contributed by atoms with E-state index in [-0.39, 0.29) is 31.8 Å². The number of fused-ring (bicyclic) bond motifs is 1. The maximum absolute atomic E-state index is 11.9. The van der Waals surface area contributed by atoms with E-state index >= 15 is 0 Å². The van der Waals surface area contributed by atoms with Gasteiger partial charge in [-0.05, 0) is 12.1 Å². The average Bonchev–Trinajstić information content (AvgIpc) is 2.88. The van der Waals surface area contributed by atoms with Gasteiger partial charge in [0.05, 0.1) is 25.1 Å². The zero-order valence-corrected chi connectivity index (χ0v) is 10.2. The third-order valence-corrected chi connectivity index (χ3v) is 3.12. The Kier molecular flexibility index (Phi) is 2.97. The van der Waals surface area contributed by atoms with Gasteiger partial charge in [-0.2, -0.15) is 5.26 Å². The van der Waals surface area contributed by atoms with E-state index in [0.717, 1.165) is 5.69 Å². The van der Waals surface area contributed by atoms with Crippen molar-refractivity contribution in [3.8, 4) is 17.6 Å². The molecule has 0 aliphatic carbocycles. The summed E-state index contributed by atoms with van der Waals surface area (Å²) in [5.74, 6) is 1.19. The molecule has 19 heavy (non-hydrogen) atoms. The highest BCUT2D eigenvalue weighted by atomic mass is 16.7. The summed E-state index contributed by atoms with van der Waals surface area (Å²) in [6.07, 6.45) is 0.0297. The molecule has 1 amide bonds. The molecule has 3 rings (SSSR count). The SMILES string of the molecule is N#CCC1CN(c2ccc3c(c2)OCO3)C(=O)CO1. The van der Waals surface area contributed by atoms with Crippen LogP contribution in [-0.4, -0.2) is 32.0 Å². The van der Waals surface area contributed by atoms with Gasteiger partial charge in [-0.25, -0.2) is 0 Å². The van der Waals surface area contributed by atoms with Crippen LogP contribution in [0.25, 0.3) is 0 Å². The quantitative estimate of drug-likeness (QED) is 0.795. The molecule has 1 saturated heterocycles. The fourth-order valence-electron chi connectivity index (χ4n) is 2.15. The molecule has 0 bridgehead atoms. The summed E-state index contributed by atoms with van der Waals surface area (Å²) in [6.45, 7) is 0.583. The van der Waals surface area contributed by atoms with E-state index in [1.165, 1.54) is 0 Å². The molecule has 1 aromatic rings. The van der Waals surface area contributed by atoms with Crippen LogP contribution in [0.3, 0.4) is 0 Å². The maximum Gasteiger partial charge on any atom is 0.253 e. The Morgan fingerprint density at radius 1 is 1.37 bits per heavy atom. The molecule has 0 radical (unpaired) electrons. The smallest absolute Gasteiger partial charge is 0.253 e. The minimum atomic E-state index is -0.242. The Morgan fingerprint density at radius 3 is 3.05 bits per heavy atom. The van der Waals surface area contributed by atoms with Gasteiger partial charge in [0.15, 0.2) is 11.5 Å². The highest BCUT2D eigenvalue weighted by Crippen LogP contribution is 2.36. The van der Waals surface area contributed by atoms with Crippen LogP contribution in [0.1, 0.15) is 6.42 Å². The number of carbonyl (C=O) groups is 1. The number of hydrogen-bond acceptors (Lipinski definition) is 5. The van der Waals surface area contributed by atoms with Crippen molar-refractivity contribution in [1.82, 2.24) is 0 Å². The van der Waals surface area contributed by atoms with E-state index in [1.54, 1.807) is 23.1 Å². The fourth-order valence-corrected chi connectivity index (χ4v) is 2.15. The van der Waals surface area contributed by atoms with Crippen molar-refractivity contribution in [2.75, 3.05) is 24.8 Å². The first-order valence-corrected chi connectivity index (χ1v) is 5.96. The number of ether oxygens (including phenoxy) is 3. The van der Waals surface area contributed by atoms with Crippen LogP contribution >= 0.6 is 0 Å². The van der Waals surface area contributed by atoms with Gasteiger partial charge in [0, 0.05) is 11.8 Å². The largest absolute Gasteiger partial charge is 0.454 e. The maximum atomic E-state index is 11.9. The fraction of sp³-hybridized carbons (Fsp3) is 0.385. The molecular weight excluding hydrogens is 248 g/mol. The van der Waals surface area contributed by atoms with Gasteiger partial charge in [-0.1, -0.05) is 0 Å². The normalized spacial score (nSPS) is 21.3. The lowest BCUT2D eigenvalue weighted by molar-refractivity contribution is -0.129. The van der Waals surface area contributed by atoms with Gasteiger partial charge in [0.1, 0.15) is 6.61 Å². The second kappa shape index (κ2) is 4.78. The van der Waals surface area contributed by atoms with Crippen molar-refractivity contribution in [3.63, 3.8) is 0 Å². The standard InChI is InChI=1S/C13H12N2O4/c14-4-3-10-6-15(13(16)7-17-10)9-1-2-11-12(5-9)19-8-18-11/h1-2,5,10H,3,6-8H2. The second-order valence-electron chi connectivity index (χ2n) is 4.34. The number of carbonyl (C=O) groups excluding carboxylic acids is 1. The van der Waals surface area contributed by atoms with E-state index in [0.29, 0.717) is 18.0 Å². The van der Waals surface area contributed by atoms with Gasteiger partial charge in [0.25, 0.3) is 5.91 Å². The molecule has 6 nitrogen and oxygen atoms in total. The third kappa shape index (κ3) is 2.20. The molecule has 1 fully saturated rings. The number of anilines is 1. The molecule has 2 heterocycles. The van der Waals surface area contributed by atoms with Crippen LogP contribution < -0.4 is 14.4 Å². The van der Waals surface area contributed by atoms with E-state index in [9.17, 15) is 4.79 Å². The highest BCUT2D eigenvalue weighted by molar-refractivity contribution is 5.95. The Hall–Kier alpha value is -2.26. The molecule has 1 atom stereocenters. The van der Waals surface area contributed by atoms with E-state index in [4.69, 9.17) is 19.5 Å². The van der Waals surface area contributed by atoms with Crippen LogP contribution in [0.15, 0.2) is 18.2 Å². The second-order valence-corrected chi connectivity index (χ2v) is 4.34. The molecule has 1 aromatic carbocycles. The molecule has 0 N–H and O–H groups in total. The number of nitrogens with zero attached hydrogens (tertiary/aromatic N) is 2. The highest BCUT2D eigenvalue weighted by Gasteiger charge is 2.28. The molecular formula is C13H12N2O4. The lowest BCUT2D eigenvalue weighted by Gasteiger charge is -2.31. The summed E-state index contributed by atoms with van der Waals surface area (Å²) in [4.78, 5) is 13.5. The van der Waals surface area contributed by atoms with Crippen molar-refractivity contribution < 1.29 is 19.0 Å². The molecule has 2 aliphatic rings. The topological polar surface area (TPSA) is 71.8 Å². The summed E-state index contributed by atoms with van der Waals surface area (Å²) >= 11 is 0. The zero-order chi connectivity index (χ0) is 13.2. The van der Waals surface area contributed by atoms with Gasteiger partial charge >= 0.3 is 0 Å². The Bertz CT molecular complexity index is 552. The predicted molar refractivity (Wildman–Crippen MR) is 64.9 cm³/mol. The van der Waals surface area contributed by atoms with E-state index in [1.807, 2.05) is 0 Å².